The molecule has 0 heterocycles. The second kappa shape index (κ2) is 62.9. The van der Waals surface area contributed by atoms with Crippen molar-refractivity contribution in [2.24, 2.45) is 0 Å². The van der Waals surface area contributed by atoms with Crippen molar-refractivity contribution in [3.05, 3.63) is 24.3 Å². The normalized spacial score (nSPS) is 12.7. The molecule has 3 N–H and O–H groups in total. The highest BCUT2D eigenvalue weighted by Gasteiger charge is 2.20. The lowest BCUT2D eigenvalue weighted by Gasteiger charge is -2.22. The third kappa shape index (κ3) is 59.4. The van der Waals surface area contributed by atoms with Crippen LogP contribution in [0.15, 0.2) is 24.3 Å². The largest absolute Gasteiger partial charge is 0.466 e. The minimum Gasteiger partial charge on any atom is -0.466 e. The Kier molecular flexibility index (Phi) is 61.4. The monoisotopic (exact) mass is 1030 g/mol. The van der Waals surface area contributed by atoms with Crippen molar-refractivity contribution in [3.8, 4) is 0 Å². The van der Waals surface area contributed by atoms with Gasteiger partial charge in [0.05, 0.1) is 25.4 Å². The predicted octanol–water partition coefficient (Wildman–Crippen LogP) is 21.0. The average molecular weight is 1030 g/mol. The van der Waals surface area contributed by atoms with E-state index in [9.17, 15) is 19.8 Å². The van der Waals surface area contributed by atoms with Gasteiger partial charge in [-0.25, -0.2) is 0 Å². The van der Waals surface area contributed by atoms with Gasteiger partial charge in [0.25, 0.3) is 0 Å². The molecule has 0 rings (SSSR count). The number of amides is 1. The molecular formula is C67H129NO5. The van der Waals surface area contributed by atoms with Crippen LogP contribution in [0.4, 0.5) is 0 Å². The molecule has 0 saturated carbocycles. The summed E-state index contributed by atoms with van der Waals surface area (Å²) in [4.78, 5) is 24.6. The van der Waals surface area contributed by atoms with E-state index in [1.807, 2.05) is 0 Å². The van der Waals surface area contributed by atoms with Crippen LogP contribution in [0.25, 0.3) is 0 Å². The van der Waals surface area contributed by atoms with Crippen LogP contribution in [-0.4, -0.2) is 47.4 Å². The van der Waals surface area contributed by atoms with Gasteiger partial charge in [0, 0.05) is 12.8 Å². The zero-order valence-corrected chi connectivity index (χ0v) is 49.4. The van der Waals surface area contributed by atoms with Crippen LogP contribution in [0.5, 0.6) is 0 Å². The van der Waals surface area contributed by atoms with E-state index in [0.717, 1.165) is 51.4 Å². The molecular weight excluding hydrogens is 899 g/mol. The number of hydrogen-bond acceptors (Lipinski definition) is 5. The van der Waals surface area contributed by atoms with E-state index in [2.05, 4.69) is 43.5 Å². The Morgan fingerprint density at radius 3 is 1.07 bits per heavy atom. The van der Waals surface area contributed by atoms with E-state index in [1.165, 1.54) is 283 Å². The standard InChI is InChI=1S/C67H129NO5/c1-3-5-7-9-11-13-15-17-19-21-24-29-33-37-41-45-49-53-57-61-67(72)73-62-58-54-50-46-42-38-34-30-26-23-25-28-32-36-40-44-48-52-56-60-66(71)68-64(63-69)65(70)59-55-51-47-43-39-35-31-27-22-20-18-16-14-12-10-8-6-4-2/h11,13,17,19,64-65,69-70H,3-10,12,14-16,18,20-63H2,1-2H3,(H,68,71)/b13-11-,19-17-. The average Bonchev–Trinajstić information content (AvgIpc) is 3.39. The van der Waals surface area contributed by atoms with Crippen LogP contribution in [0, 0.1) is 0 Å². The molecule has 0 saturated heterocycles. The van der Waals surface area contributed by atoms with Crippen molar-refractivity contribution in [2.45, 2.75) is 379 Å². The van der Waals surface area contributed by atoms with Gasteiger partial charge in [-0.05, 0) is 57.8 Å². The highest BCUT2D eigenvalue weighted by atomic mass is 16.5. The summed E-state index contributed by atoms with van der Waals surface area (Å²) in [7, 11) is 0. The predicted molar refractivity (Wildman–Crippen MR) is 320 cm³/mol. The van der Waals surface area contributed by atoms with Gasteiger partial charge in [0.2, 0.25) is 5.91 Å². The van der Waals surface area contributed by atoms with Gasteiger partial charge < -0.3 is 20.3 Å². The summed E-state index contributed by atoms with van der Waals surface area (Å²) < 4.78 is 5.50. The van der Waals surface area contributed by atoms with Crippen LogP contribution in [-0.2, 0) is 14.3 Å². The minimum atomic E-state index is -0.667. The van der Waals surface area contributed by atoms with Gasteiger partial charge in [-0.1, -0.05) is 321 Å². The fourth-order valence-electron chi connectivity index (χ4n) is 10.4. The van der Waals surface area contributed by atoms with Crippen molar-refractivity contribution in [1.29, 1.82) is 0 Å². The van der Waals surface area contributed by atoms with E-state index >= 15 is 0 Å². The summed E-state index contributed by atoms with van der Waals surface area (Å²) in [6, 6.07) is -0.544. The van der Waals surface area contributed by atoms with Gasteiger partial charge in [0.15, 0.2) is 0 Å². The minimum absolute atomic E-state index is 0.00617. The number of nitrogens with one attached hydrogen (secondary N) is 1. The maximum Gasteiger partial charge on any atom is 0.305 e. The maximum atomic E-state index is 12.5. The number of allylic oxidation sites excluding steroid dienone is 4. The van der Waals surface area contributed by atoms with Crippen molar-refractivity contribution in [3.63, 3.8) is 0 Å². The van der Waals surface area contributed by atoms with Crippen LogP contribution in [0.1, 0.15) is 367 Å². The first-order valence-electron chi connectivity index (χ1n) is 33.1. The number of aliphatic hydroxyl groups is 2. The van der Waals surface area contributed by atoms with Crippen LogP contribution >= 0.6 is 0 Å². The topological polar surface area (TPSA) is 95.9 Å². The molecule has 0 fully saturated rings. The van der Waals surface area contributed by atoms with Gasteiger partial charge >= 0.3 is 5.97 Å². The van der Waals surface area contributed by atoms with Crippen molar-refractivity contribution in [1.82, 2.24) is 5.32 Å². The smallest absolute Gasteiger partial charge is 0.305 e. The third-order valence-corrected chi connectivity index (χ3v) is 15.5. The quantitative estimate of drug-likeness (QED) is 0.0320. The molecule has 0 aliphatic rings. The Hall–Kier alpha value is -1.66. The first kappa shape index (κ1) is 71.3. The van der Waals surface area contributed by atoms with E-state index in [0.29, 0.717) is 25.9 Å². The fraction of sp³-hybridized carbons (Fsp3) is 0.910. The van der Waals surface area contributed by atoms with Crippen LogP contribution in [0.2, 0.25) is 0 Å². The number of esters is 1. The molecule has 0 aromatic rings. The summed E-state index contributed by atoms with van der Waals surface area (Å²) in [5, 5.41) is 23.4. The summed E-state index contributed by atoms with van der Waals surface area (Å²) >= 11 is 0. The number of hydrogen-bond donors (Lipinski definition) is 3. The number of unbranched alkanes of at least 4 members (excludes halogenated alkanes) is 47. The lowest BCUT2D eigenvalue weighted by atomic mass is 10.0. The number of ether oxygens (including phenoxy) is 1. The number of carbonyl (C=O) groups is 2. The zero-order chi connectivity index (χ0) is 52.9. The van der Waals surface area contributed by atoms with Crippen molar-refractivity contribution >= 4 is 11.9 Å². The Morgan fingerprint density at radius 1 is 0.384 bits per heavy atom. The van der Waals surface area contributed by atoms with Gasteiger partial charge in [-0.3, -0.25) is 9.59 Å². The maximum absolute atomic E-state index is 12.5. The van der Waals surface area contributed by atoms with Gasteiger partial charge in [-0.2, -0.15) is 0 Å². The molecule has 0 spiro atoms. The molecule has 0 aliphatic heterocycles. The Morgan fingerprint density at radius 2 is 0.685 bits per heavy atom. The summed E-state index contributed by atoms with van der Waals surface area (Å²) in [5.74, 6) is -0.0284. The molecule has 0 aromatic heterocycles. The first-order chi connectivity index (χ1) is 36.0. The lowest BCUT2D eigenvalue weighted by Crippen LogP contribution is -2.45. The molecule has 0 radical (unpaired) electrons. The Balaban J connectivity index is 3.38. The molecule has 432 valence electrons. The van der Waals surface area contributed by atoms with Gasteiger partial charge in [0.1, 0.15) is 0 Å². The van der Waals surface area contributed by atoms with Crippen LogP contribution in [0.3, 0.4) is 0 Å². The highest BCUT2D eigenvalue weighted by molar-refractivity contribution is 5.76. The molecule has 6 nitrogen and oxygen atoms in total. The highest BCUT2D eigenvalue weighted by Crippen LogP contribution is 2.18. The zero-order valence-electron chi connectivity index (χ0n) is 49.4. The second-order valence-corrected chi connectivity index (χ2v) is 22.8. The lowest BCUT2D eigenvalue weighted by molar-refractivity contribution is -0.143. The van der Waals surface area contributed by atoms with E-state index in [1.54, 1.807) is 0 Å². The van der Waals surface area contributed by atoms with E-state index in [-0.39, 0.29) is 18.5 Å². The van der Waals surface area contributed by atoms with E-state index < -0.39 is 12.1 Å². The molecule has 1 amide bonds. The SMILES string of the molecule is CCCCC/C=C\C/C=C\CCCCCCCCCCCC(=O)OCCCCCCCCCCCCCCCCCCCCCC(=O)NC(CO)C(O)CCCCCCCCCCCCCCCCCCCC. The fourth-order valence-corrected chi connectivity index (χ4v) is 10.4. The molecule has 6 heteroatoms. The molecule has 0 aromatic carbocycles. The summed E-state index contributed by atoms with van der Waals surface area (Å²) in [6.45, 7) is 4.95. The van der Waals surface area contributed by atoms with Crippen molar-refractivity contribution < 1.29 is 24.5 Å². The van der Waals surface area contributed by atoms with Crippen molar-refractivity contribution in [2.75, 3.05) is 13.2 Å². The molecule has 2 atom stereocenters. The summed E-state index contributed by atoms with van der Waals surface area (Å²) in [5.41, 5.74) is 0. The molecule has 2 unspecified atom stereocenters. The second-order valence-electron chi connectivity index (χ2n) is 22.8. The number of aliphatic hydroxyl groups excluding tert-OH is 2. The summed E-state index contributed by atoms with van der Waals surface area (Å²) in [6.07, 6.45) is 77.6. The van der Waals surface area contributed by atoms with Crippen LogP contribution < -0.4 is 5.32 Å². The third-order valence-electron chi connectivity index (χ3n) is 15.5. The number of carbonyl (C=O) groups excluding carboxylic acids is 2. The Labute approximate surface area is 456 Å². The molecule has 73 heavy (non-hydrogen) atoms. The van der Waals surface area contributed by atoms with E-state index in [4.69, 9.17) is 4.74 Å². The molecule has 0 aliphatic carbocycles. The molecule has 0 bridgehead atoms. The van der Waals surface area contributed by atoms with Gasteiger partial charge in [-0.15, -0.1) is 0 Å². The first-order valence-corrected chi connectivity index (χ1v) is 33.1. The Bertz CT molecular complexity index is 1140. The number of rotatable bonds is 62.